The molecule has 0 saturated carbocycles. The number of aryl methyl sites for hydroxylation is 1. The van der Waals surface area contributed by atoms with Gasteiger partial charge in [-0.15, -0.1) is 0 Å². The van der Waals surface area contributed by atoms with Crippen LogP contribution in [-0.2, 0) is 7.05 Å². The molecule has 0 bridgehead atoms. The minimum absolute atomic E-state index is 0.247. The number of nitrogens with zero attached hydrogens (tertiary/aromatic N) is 2. The number of phenols is 1. The van der Waals surface area contributed by atoms with E-state index in [1.807, 2.05) is 13.1 Å². The van der Waals surface area contributed by atoms with Crippen molar-refractivity contribution in [1.29, 1.82) is 0 Å². The van der Waals surface area contributed by atoms with Gasteiger partial charge in [-0.1, -0.05) is 12.1 Å². The molecule has 1 heterocycles. The average molecular weight is 173 g/mol. The summed E-state index contributed by atoms with van der Waals surface area (Å²) in [6, 6.07) is 9.96. The Balaban J connectivity index is 2.46. The zero-order chi connectivity index (χ0) is 9.26. The van der Waals surface area contributed by atoms with E-state index in [-0.39, 0.29) is 5.75 Å². The molecule has 3 nitrogen and oxygen atoms in total. The Kier molecular flexibility index (Phi) is 1.77. The first-order chi connectivity index (χ1) is 6.25. The van der Waals surface area contributed by atoms with Crippen LogP contribution in [0.3, 0.4) is 0 Å². The molecule has 13 heavy (non-hydrogen) atoms. The quantitative estimate of drug-likeness (QED) is 0.711. The van der Waals surface area contributed by atoms with Crippen molar-refractivity contribution in [3.05, 3.63) is 36.5 Å². The number of aromatic nitrogens is 2. The van der Waals surface area contributed by atoms with Gasteiger partial charge in [-0.3, -0.25) is 4.68 Å². The molecular formula is C10H9N2O. The Hall–Kier alpha value is -1.77. The lowest BCUT2D eigenvalue weighted by Crippen LogP contribution is -1.87. The van der Waals surface area contributed by atoms with Gasteiger partial charge in [-0.05, 0) is 12.1 Å². The zero-order valence-corrected chi connectivity index (χ0v) is 7.23. The Morgan fingerprint density at radius 2 is 2.31 bits per heavy atom. The predicted octanol–water partition coefficient (Wildman–Crippen LogP) is 1.59. The molecule has 0 unspecified atom stereocenters. The van der Waals surface area contributed by atoms with E-state index in [9.17, 15) is 5.11 Å². The zero-order valence-electron chi connectivity index (χ0n) is 7.23. The van der Waals surface area contributed by atoms with Crippen molar-refractivity contribution in [2.45, 2.75) is 0 Å². The molecule has 0 saturated heterocycles. The number of rotatable bonds is 1. The normalized spacial score (nSPS) is 10.2. The average Bonchev–Trinajstić information content (AvgIpc) is 2.52. The van der Waals surface area contributed by atoms with Crippen molar-refractivity contribution in [2.24, 2.45) is 7.05 Å². The van der Waals surface area contributed by atoms with Crippen LogP contribution in [0.25, 0.3) is 11.3 Å². The van der Waals surface area contributed by atoms with Crippen LogP contribution in [0.15, 0.2) is 30.5 Å². The van der Waals surface area contributed by atoms with Gasteiger partial charge in [0.05, 0.1) is 0 Å². The molecule has 1 aromatic heterocycles. The highest BCUT2D eigenvalue weighted by atomic mass is 16.3. The van der Waals surface area contributed by atoms with Gasteiger partial charge in [-0.25, -0.2) is 0 Å². The highest BCUT2D eigenvalue weighted by Gasteiger charge is 2.01. The second kappa shape index (κ2) is 2.94. The Morgan fingerprint density at radius 1 is 1.46 bits per heavy atom. The summed E-state index contributed by atoms with van der Waals surface area (Å²) in [6.45, 7) is 0. The molecule has 3 heteroatoms. The SMILES string of the molecule is Cn1c[c]c(-c2cccc(O)c2)n1. The van der Waals surface area contributed by atoms with Gasteiger partial charge >= 0.3 is 0 Å². The van der Waals surface area contributed by atoms with Crippen LogP contribution in [-0.4, -0.2) is 14.9 Å². The maximum absolute atomic E-state index is 9.23. The first kappa shape index (κ1) is 7.86. The molecule has 2 aromatic rings. The number of hydrogen-bond acceptors (Lipinski definition) is 2. The summed E-state index contributed by atoms with van der Waals surface area (Å²) in [5, 5.41) is 13.4. The van der Waals surface area contributed by atoms with E-state index in [1.165, 1.54) is 0 Å². The molecular weight excluding hydrogens is 164 g/mol. The highest BCUT2D eigenvalue weighted by molar-refractivity contribution is 5.59. The smallest absolute Gasteiger partial charge is 0.116 e. The minimum atomic E-state index is 0.247. The van der Waals surface area contributed by atoms with E-state index in [4.69, 9.17) is 0 Å². The lowest BCUT2D eigenvalue weighted by Gasteiger charge is -1.96. The van der Waals surface area contributed by atoms with Gasteiger partial charge in [0.1, 0.15) is 11.4 Å². The summed E-state index contributed by atoms with van der Waals surface area (Å²) < 4.78 is 1.68. The topological polar surface area (TPSA) is 38.0 Å². The number of hydrogen-bond donors (Lipinski definition) is 1. The summed E-state index contributed by atoms with van der Waals surface area (Å²) in [5.41, 5.74) is 1.62. The Morgan fingerprint density at radius 3 is 2.92 bits per heavy atom. The fourth-order valence-corrected chi connectivity index (χ4v) is 1.16. The maximum Gasteiger partial charge on any atom is 0.116 e. The third-order valence-corrected chi connectivity index (χ3v) is 1.77. The van der Waals surface area contributed by atoms with Crippen molar-refractivity contribution in [3.8, 4) is 17.0 Å². The van der Waals surface area contributed by atoms with Crippen molar-refractivity contribution < 1.29 is 5.11 Å². The summed E-state index contributed by atoms with van der Waals surface area (Å²) >= 11 is 0. The molecule has 0 aliphatic carbocycles. The van der Waals surface area contributed by atoms with Crippen molar-refractivity contribution >= 4 is 0 Å². The first-order valence-corrected chi connectivity index (χ1v) is 3.96. The van der Waals surface area contributed by atoms with Gasteiger partial charge in [0.2, 0.25) is 0 Å². The van der Waals surface area contributed by atoms with Crippen molar-refractivity contribution in [1.82, 2.24) is 9.78 Å². The second-order valence-corrected chi connectivity index (χ2v) is 2.85. The van der Waals surface area contributed by atoms with Crippen molar-refractivity contribution in [3.63, 3.8) is 0 Å². The third-order valence-electron chi connectivity index (χ3n) is 1.77. The molecule has 0 atom stereocenters. The summed E-state index contributed by atoms with van der Waals surface area (Å²) in [5.74, 6) is 0.247. The number of aromatic hydroxyl groups is 1. The van der Waals surface area contributed by atoms with Crippen LogP contribution >= 0.6 is 0 Å². The van der Waals surface area contributed by atoms with Crippen molar-refractivity contribution in [2.75, 3.05) is 0 Å². The summed E-state index contributed by atoms with van der Waals surface area (Å²) in [7, 11) is 1.84. The molecule has 2 rings (SSSR count). The summed E-state index contributed by atoms with van der Waals surface area (Å²) in [4.78, 5) is 0. The van der Waals surface area contributed by atoms with Crippen LogP contribution in [0.5, 0.6) is 5.75 Å². The van der Waals surface area contributed by atoms with Crippen LogP contribution in [0.2, 0.25) is 0 Å². The number of phenolic OH excluding ortho intramolecular Hbond substituents is 1. The van der Waals surface area contributed by atoms with E-state index in [1.54, 1.807) is 29.1 Å². The molecule has 0 fully saturated rings. The minimum Gasteiger partial charge on any atom is -0.508 e. The Labute approximate surface area is 76.3 Å². The molecule has 1 N–H and O–H groups in total. The van der Waals surface area contributed by atoms with E-state index >= 15 is 0 Å². The fraction of sp³-hybridized carbons (Fsp3) is 0.100. The highest BCUT2D eigenvalue weighted by Crippen LogP contribution is 2.20. The lowest BCUT2D eigenvalue weighted by atomic mass is 10.1. The molecule has 0 aliphatic rings. The fourth-order valence-electron chi connectivity index (χ4n) is 1.16. The van der Waals surface area contributed by atoms with Crippen LogP contribution in [0.4, 0.5) is 0 Å². The third kappa shape index (κ3) is 1.54. The molecule has 0 spiro atoms. The Bertz CT molecular complexity index is 420. The van der Waals surface area contributed by atoms with E-state index in [2.05, 4.69) is 11.2 Å². The van der Waals surface area contributed by atoms with Gasteiger partial charge in [0.15, 0.2) is 0 Å². The lowest BCUT2D eigenvalue weighted by molar-refractivity contribution is 0.475. The number of benzene rings is 1. The van der Waals surface area contributed by atoms with Gasteiger partial charge in [0.25, 0.3) is 0 Å². The first-order valence-electron chi connectivity index (χ1n) is 3.96. The molecule has 0 aliphatic heterocycles. The second-order valence-electron chi connectivity index (χ2n) is 2.85. The standard InChI is InChI=1S/C10H9N2O/c1-12-6-5-10(11-12)8-3-2-4-9(13)7-8/h2-4,6-7,13H,1H3. The molecule has 1 aromatic carbocycles. The van der Waals surface area contributed by atoms with Gasteiger partial charge in [0, 0.05) is 24.9 Å². The largest absolute Gasteiger partial charge is 0.508 e. The van der Waals surface area contributed by atoms with Gasteiger partial charge in [-0.2, -0.15) is 5.10 Å². The summed E-state index contributed by atoms with van der Waals surface area (Å²) in [6.07, 6.45) is 1.75. The van der Waals surface area contributed by atoms with Crippen LogP contribution in [0.1, 0.15) is 0 Å². The monoisotopic (exact) mass is 173 g/mol. The van der Waals surface area contributed by atoms with E-state index in [0.717, 1.165) is 11.3 Å². The van der Waals surface area contributed by atoms with Crippen LogP contribution in [0, 0.1) is 6.07 Å². The van der Waals surface area contributed by atoms with Gasteiger partial charge < -0.3 is 5.11 Å². The van der Waals surface area contributed by atoms with Crippen LogP contribution < -0.4 is 0 Å². The maximum atomic E-state index is 9.23. The predicted molar refractivity (Wildman–Crippen MR) is 49.1 cm³/mol. The molecule has 1 radical (unpaired) electrons. The van der Waals surface area contributed by atoms with E-state index in [0.29, 0.717) is 0 Å². The molecule has 0 amide bonds. The van der Waals surface area contributed by atoms with E-state index < -0.39 is 0 Å². The molecule has 65 valence electrons.